The molecule has 0 saturated carbocycles. The summed E-state index contributed by atoms with van der Waals surface area (Å²) in [4.78, 5) is 18.0. The van der Waals surface area contributed by atoms with E-state index in [0.29, 0.717) is 17.4 Å². The van der Waals surface area contributed by atoms with Crippen LogP contribution in [-0.4, -0.2) is 41.5 Å². The van der Waals surface area contributed by atoms with Gasteiger partial charge >= 0.3 is 0 Å². The van der Waals surface area contributed by atoms with Gasteiger partial charge in [0.25, 0.3) is 0 Å². The molecule has 0 spiro atoms. The van der Waals surface area contributed by atoms with Gasteiger partial charge < -0.3 is 11.1 Å². The maximum Gasteiger partial charge on any atom is 0.238 e. The fourth-order valence-corrected chi connectivity index (χ4v) is 2.24. The Hall–Kier alpha value is -1.17. The number of carbonyl (C=O) groups is 1. The first-order chi connectivity index (χ1) is 9.04. The minimum absolute atomic E-state index is 0.0287. The average Bonchev–Trinajstić information content (AvgIpc) is 2.37. The largest absolute Gasteiger partial charge is 0.328 e. The molecule has 0 atom stereocenters. The lowest BCUT2D eigenvalue weighted by atomic mass is 10.1. The van der Waals surface area contributed by atoms with Crippen molar-refractivity contribution in [1.29, 1.82) is 0 Å². The van der Waals surface area contributed by atoms with E-state index in [4.69, 9.17) is 17.3 Å². The smallest absolute Gasteiger partial charge is 0.238 e. The summed E-state index contributed by atoms with van der Waals surface area (Å²) in [7, 11) is 0. The lowest BCUT2D eigenvalue weighted by Crippen LogP contribution is -2.43. The predicted molar refractivity (Wildman–Crippen MR) is 76.3 cm³/mol. The van der Waals surface area contributed by atoms with Gasteiger partial charge in [-0.15, -0.1) is 0 Å². The Morgan fingerprint density at radius 2 is 2.26 bits per heavy atom. The number of piperidine rings is 1. The van der Waals surface area contributed by atoms with Crippen LogP contribution in [0.2, 0.25) is 5.15 Å². The minimum atomic E-state index is -0.0287. The molecule has 2 heterocycles. The van der Waals surface area contributed by atoms with Crippen LogP contribution >= 0.6 is 11.6 Å². The van der Waals surface area contributed by atoms with Gasteiger partial charge in [0.1, 0.15) is 5.15 Å². The second kappa shape index (κ2) is 6.32. The number of likely N-dealkylation sites (tertiary alicyclic amines) is 1. The number of nitrogens with one attached hydrogen (secondary N) is 1. The first-order valence-electron chi connectivity index (χ1n) is 6.44. The van der Waals surface area contributed by atoms with Crippen molar-refractivity contribution in [2.75, 3.05) is 25.0 Å². The van der Waals surface area contributed by atoms with E-state index < -0.39 is 0 Å². The lowest BCUT2D eigenvalue weighted by Gasteiger charge is -2.29. The van der Waals surface area contributed by atoms with Crippen LogP contribution in [-0.2, 0) is 4.79 Å². The summed E-state index contributed by atoms with van der Waals surface area (Å²) < 4.78 is 0. The summed E-state index contributed by atoms with van der Waals surface area (Å²) in [5, 5.41) is 3.30. The Kier molecular flexibility index (Phi) is 4.74. The number of rotatable bonds is 3. The summed E-state index contributed by atoms with van der Waals surface area (Å²) in [5.74, 6) is -0.0287. The number of nitrogens with zero attached hydrogens (tertiary/aromatic N) is 2. The molecule has 2 rings (SSSR count). The van der Waals surface area contributed by atoms with Gasteiger partial charge in [0.05, 0.1) is 18.4 Å². The summed E-state index contributed by atoms with van der Waals surface area (Å²) >= 11 is 5.84. The predicted octanol–water partition coefficient (Wildman–Crippen LogP) is 1.41. The van der Waals surface area contributed by atoms with Gasteiger partial charge in [-0.2, -0.15) is 0 Å². The highest BCUT2D eigenvalue weighted by atomic mass is 35.5. The third kappa shape index (κ3) is 4.16. The van der Waals surface area contributed by atoms with Crippen molar-refractivity contribution in [3.8, 4) is 0 Å². The van der Waals surface area contributed by atoms with E-state index in [1.807, 2.05) is 13.0 Å². The number of halogens is 1. The second-order valence-electron chi connectivity index (χ2n) is 4.99. The fourth-order valence-electron chi connectivity index (χ4n) is 2.14. The molecule has 19 heavy (non-hydrogen) atoms. The number of aromatic nitrogens is 1. The average molecular weight is 283 g/mol. The van der Waals surface area contributed by atoms with Crippen LogP contribution in [0.25, 0.3) is 0 Å². The molecule has 0 bridgehead atoms. The highest BCUT2D eigenvalue weighted by Gasteiger charge is 2.18. The molecule has 6 heteroatoms. The molecule has 1 aliphatic heterocycles. The van der Waals surface area contributed by atoms with Crippen molar-refractivity contribution in [3.05, 3.63) is 23.0 Å². The number of pyridine rings is 1. The molecule has 104 valence electrons. The van der Waals surface area contributed by atoms with E-state index in [0.717, 1.165) is 31.5 Å². The molecule has 0 aliphatic carbocycles. The maximum atomic E-state index is 11.9. The van der Waals surface area contributed by atoms with Crippen molar-refractivity contribution in [3.63, 3.8) is 0 Å². The number of aryl methyl sites for hydroxylation is 1. The zero-order chi connectivity index (χ0) is 13.8. The number of hydrogen-bond acceptors (Lipinski definition) is 4. The molecular weight excluding hydrogens is 264 g/mol. The molecule has 5 nitrogen and oxygen atoms in total. The normalized spacial score (nSPS) is 17.4. The molecule has 1 fully saturated rings. The standard InChI is InChI=1S/C13H19ClN4O/c1-9-6-11(7-16-13(9)14)17-12(19)8-18-4-2-10(15)3-5-18/h6-7,10H,2-5,8,15H2,1H3,(H,17,19). The lowest BCUT2D eigenvalue weighted by molar-refractivity contribution is -0.117. The Labute approximate surface area is 118 Å². The van der Waals surface area contributed by atoms with Crippen LogP contribution in [0.15, 0.2) is 12.3 Å². The Bertz CT molecular complexity index is 458. The quantitative estimate of drug-likeness (QED) is 0.822. The number of hydrogen-bond donors (Lipinski definition) is 2. The van der Waals surface area contributed by atoms with E-state index in [9.17, 15) is 4.79 Å². The van der Waals surface area contributed by atoms with Crippen molar-refractivity contribution in [1.82, 2.24) is 9.88 Å². The molecular formula is C13H19ClN4O. The Balaban J connectivity index is 1.85. The first kappa shape index (κ1) is 14.2. The Morgan fingerprint density at radius 1 is 1.58 bits per heavy atom. The van der Waals surface area contributed by atoms with Crippen LogP contribution in [0.1, 0.15) is 18.4 Å². The van der Waals surface area contributed by atoms with Crippen molar-refractivity contribution >= 4 is 23.2 Å². The van der Waals surface area contributed by atoms with Crippen LogP contribution in [0.3, 0.4) is 0 Å². The molecule has 1 aromatic rings. The van der Waals surface area contributed by atoms with Crippen molar-refractivity contribution in [2.45, 2.75) is 25.8 Å². The summed E-state index contributed by atoms with van der Waals surface area (Å²) in [5.41, 5.74) is 7.37. The van der Waals surface area contributed by atoms with E-state index in [2.05, 4.69) is 15.2 Å². The van der Waals surface area contributed by atoms with E-state index in [1.165, 1.54) is 0 Å². The molecule has 1 amide bonds. The van der Waals surface area contributed by atoms with Crippen LogP contribution < -0.4 is 11.1 Å². The topological polar surface area (TPSA) is 71.2 Å². The monoisotopic (exact) mass is 282 g/mol. The Morgan fingerprint density at radius 3 is 2.89 bits per heavy atom. The maximum absolute atomic E-state index is 11.9. The molecule has 0 aromatic carbocycles. The third-order valence-corrected chi connectivity index (χ3v) is 3.69. The number of nitrogens with two attached hydrogens (primary N) is 1. The SMILES string of the molecule is Cc1cc(NC(=O)CN2CCC(N)CC2)cnc1Cl. The summed E-state index contributed by atoms with van der Waals surface area (Å²) in [6.45, 7) is 4.02. The molecule has 3 N–H and O–H groups in total. The van der Waals surface area contributed by atoms with Crippen LogP contribution in [0, 0.1) is 6.92 Å². The van der Waals surface area contributed by atoms with Crippen LogP contribution in [0.5, 0.6) is 0 Å². The summed E-state index contributed by atoms with van der Waals surface area (Å²) in [6, 6.07) is 2.10. The van der Waals surface area contributed by atoms with Crippen molar-refractivity contribution < 1.29 is 4.79 Å². The number of anilines is 1. The molecule has 0 unspecified atom stereocenters. The number of carbonyl (C=O) groups excluding carboxylic acids is 1. The van der Waals surface area contributed by atoms with E-state index in [-0.39, 0.29) is 11.9 Å². The van der Waals surface area contributed by atoms with Gasteiger partial charge in [-0.05, 0) is 31.4 Å². The van der Waals surface area contributed by atoms with Gasteiger partial charge in [-0.25, -0.2) is 4.98 Å². The van der Waals surface area contributed by atoms with Gasteiger partial charge in [0.15, 0.2) is 0 Å². The van der Waals surface area contributed by atoms with Gasteiger partial charge in [-0.3, -0.25) is 9.69 Å². The van der Waals surface area contributed by atoms with Gasteiger partial charge in [0, 0.05) is 19.1 Å². The number of amides is 1. The molecule has 1 aliphatic rings. The molecule has 1 saturated heterocycles. The van der Waals surface area contributed by atoms with Crippen molar-refractivity contribution in [2.24, 2.45) is 5.73 Å². The van der Waals surface area contributed by atoms with Gasteiger partial charge in [-0.1, -0.05) is 11.6 Å². The fraction of sp³-hybridized carbons (Fsp3) is 0.538. The zero-order valence-electron chi connectivity index (χ0n) is 11.0. The first-order valence-corrected chi connectivity index (χ1v) is 6.82. The second-order valence-corrected chi connectivity index (χ2v) is 5.35. The third-order valence-electron chi connectivity index (χ3n) is 3.30. The van der Waals surface area contributed by atoms with Crippen LogP contribution in [0.4, 0.5) is 5.69 Å². The highest BCUT2D eigenvalue weighted by molar-refractivity contribution is 6.30. The molecule has 1 aromatic heterocycles. The minimum Gasteiger partial charge on any atom is -0.328 e. The van der Waals surface area contributed by atoms with E-state index >= 15 is 0 Å². The van der Waals surface area contributed by atoms with E-state index in [1.54, 1.807) is 6.20 Å². The zero-order valence-corrected chi connectivity index (χ0v) is 11.8. The summed E-state index contributed by atoms with van der Waals surface area (Å²) in [6.07, 6.45) is 3.48. The highest BCUT2D eigenvalue weighted by Crippen LogP contribution is 2.16. The van der Waals surface area contributed by atoms with Gasteiger partial charge in [0.2, 0.25) is 5.91 Å². The molecule has 0 radical (unpaired) electrons.